The summed E-state index contributed by atoms with van der Waals surface area (Å²) in [5.74, 6) is 1.88. The van der Waals surface area contributed by atoms with Gasteiger partial charge in [0.2, 0.25) is 0 Å². The third-order valence-corrected chi connectivity index (χ3v) is 6.01. The number of hydrogen-bond donors (Lipinski definition) is 1. The number of benzene rings is 3. The van der Waals surface area contributed by atoms with E-state index < -0.39 is 0 Å². The quantitative estimate of drug-likeness (QED) is 0.179. The number of ether oxygens (including phenoxy) is 4. The van der Waals surface area contributed by atoms with Gasteiger partial charge in [0.25, 0.3) is 5.91 Å². The van der Waals surface area contributed by atoms with Crippen molar-refractivity contribution in [3.8, 4) is 23.0 Å². The summed E-state index contributed by atoms with van der Waals surface area (Å²) in [6.07, 6.45) is 2.42. The topological polar surface area (TPSA) is 78.4 Å². The molecule has 3 aromatic rings. The third-order valence-electron chi connectivity index (χ3n) is 4.90. The van der Waals surface area contributed by atoms with Gasteiger partial charge in [0.05, 0.1) is 31.0 Å². The maximum atomic E-state index is 12.6. The molecule has 7 nitrogen and oxygen atoms in total. The molecule has 0 aliphatic carbocycles. The van der Waals surface area contributed by atoms with E-state index in [-0.39, 0.29) is 5.91 Å². The standard InChI is InChI=1S/C27H28Br2N2O5/c1-4-12-35-23-11-8-20(15-24(23)33-3)27(32)31-30-16-19-13-22(29)26(25(14-19)34-5-2)36-17-18-6-9-21(28)10-7-18/h6-11,13-16H,4-5,12,17H2,1-3H3,(H,31,32)/b30-16+. The first-order valence-corrected chi connectivity index (χ1v) is 13.0. The van der Waals surface area contributed by atoms with E-state index in [0.29, 0.717) is 52.9 Å². The lowest BCUT2D eigenvalue weighted by Gasteiger charge is -2.15. The van der Waals surface area contributed by atoms with Gasteiger partial charge < -0.3 is 18.9 Å². The first-order valence-electron chi connectivity index (χ1n) is 11.4. The Labute approximate surface area is 228 Å². The molecule has 3 aromatic carbocycles. The normalized spacial score (nSPS) is 10.8. The predicted octanol–water partition coefficient (Wildman–Crippen LogP) is 6.75. The number of halogens is 2. The van der Waals surface area contributed by atoms with E-state index >= 15 is 0 Å². The molecule has 0 atom stereocenters. The summed E-state index contributed by atoms with van der Waals surface area (Å²) in [5.41, 5.74) is 4.70. The van der Waals surface area contributed by atoms with Crippen LogP contribution in [0.3, 0.4) is 0 Å². The smallest absolute Gasteiger partial charge is 0.271 e. The number of rotatable bonds is 12. The third kappa shape index (κ3) is 7.73. The predicted molar refractivity (Wildman–Crippen MR) is 148 cm³/mol. The summed E-state index contributed by atoms with van der Waals surface area (Å²) in [6, 6.07) is 16.6. The molecule has 0 spiro atoms. The Hall–Kier alpha value is -3.04. The number of carbonyl (C=O) groups excluding carboxylic acids is 1. The maximum absolute atomic E-state index is 12.6. The van der Waals surface area contributed by atoms with Gasteiger partial charge in [-0.2, -0.15) is 5.10 Å². The minimum atomic E-state index is -0.370. The molecule has 0 saturated heterocycles. The van der Waals surface area contributed by atoms with Crippen LogP contribution in [0, 0.1) is 0 Å². The van der Waals surface area contributed by atoms with Crippen LogP contribution in [0.2, 0.25) is 0 Å². The summed E-state index contributed by atoms with van der Waals surface area (Å²) < 4.78 is 24.5. The number of methoxy groups -OCH3 is 1. The van der Waals surface area contributed by atoms with Crippen LogP contribution in [-0.4, -0.2) is 32.4 Å². The largest absolute Gasteiger partial charge is 0.493 e. The van der Waals surface area contributed by atoms with Crippen LogP contribution in [0.4, 0.5) is 0 Å². The van der Waals surface area contributed by atoms with E-state index in [2.05, 4.69) is 42.4 Å². The second kappa shape index (κ2) is 13.9. The van der Waals surface area contributed by atoms with Crippen molar-refractivity contribution in [1.82, 2.24) is 5.43 Å². The molecule has 0 saturated carbocycles. The molecule has 0 fully saturated rings. The summed E-state index contributed by atoms with van der Waals surface area (Å²) >= 11 is 7.00. The Kier molecular flexibility index (Phi) is 10.6. The van der Waals surface area contributed by atoms with Gasteiger partial charge >= 0.3 is 0 Å². The molecule has 0 radical (unpaired) electrons. The van der Waals surface area contributed by atoms with Crippen molar-refractivity contribution < 1.29 is 23.7 Å². The van der Waals surface area contributed by atoms with Crippen molar-refractivity contribution in [2.24, 2.45) is 5.10 Å². The zero-order valence-electron chi connectivity index (χ0n) is 20.3. The van der Waals surface area contributed by atoms with Crippen LogP contribution in [0.5, 0.6) is 23.0 Å². The lowest BCUT2D eigenvalue weighted by Crippen LogP contribution is -2.17. The zero-order chi connectivity index (χ0) is 25.9. The van der Waals surface area contributed by atoms with Crippen molar-refractivity contribution >= 4 is 44.0 Å². The van der Waals surface area contributed by atoms with Gasteiger partial charge in [-0.1, -0.05) is 35.0 Å². The molecule has 1 amide bonds. The fourth-order valence-corrected chi connectivity index (χ4v) is 4.01. The summed E-state index contributed by atoms with van der Waals surface area (Å²) in [4.78, 5) is 12.6. The molecular weight excluding hydrogens is 592 g/mol. The fourth-order valence-electron chi connectivity index (χ4n) is 3.17. The molecule has 190 valence electrons. The Bertz CT molecular complexity index is 1200. The number of nitrogens with one attached hydrogen (secondary N) is 1. The second-order valence-electron chi connectivity index (χ2n) is 7.59. The van der Waals surface area contributed by atoms with E-state index in [0.717, 1.165) is 22.0 Å². The highest BCUT2D eigenvalue weighted by molar-refractivity contribution is 9.10. The molecule has 36 heavy (non-hydrogen) atoms. The van der Waals surface area contributed by atoms with Crippen LogP contribution < -0.4 is 24.4 Å². The first-order chi connectivity index (χ1) is 17.4. The molecule has 0 aromatic heterocycles. The molecule has 9 heteroatoms. The molecule has 1 N–H and O–H groups in total. The van der Waals surface area contributed by atoms with Gasteiger partial charge in [0, 0.05) is 10.0 Å². The Balaban J connectivity index is 1.69. The lowest BCUT2D eigenvalue weighted by molar-refractivity contribution is 0.0954. The van der Waals surface area contributed by atoms with Crippen molar-refractivity contribution in [2.75, 3.05) is 20.3 Å². The van der Waals surface area contributed by atoms with Gasteiger partial charge in [0.1, 0.15) is 6.61 Å². The highest BCUT2D eigenvalue weighted by Gasteiger charge is 2.13. The Morgan fingerprint density at radius 2 is 1.72 bits per heavy atom. The average molecular weight is 620 g/mol. The van der Waals surface area contributed by atoms with E-state index in [1.54, 1.807) is 24.4 Å². The van der Waals surface area contributed by atoms with Crippen molar-refractivity contribution in [2.45, 2.75) is 26.9 Å². The van der Waals surface area contributed by atoms with Gasteiger partial charge in [-0.3, -0.25) is 4.79 Å². The lowest BCUT2D eigenvalue weighted by atomic mass is 10.2. The fraction of sp³-hybridized carbons (Fsp3) is 0.259. The van der Waals surface area contributed by atoms with Gasteiger partial charge in [-0.25, -0.2) is 5.43 Å². The SMILES string of the molecule is CCCOc1ccc(C(=O)N/N=C/c2cc(Br)c(OCc3ccc(Br)cc3)c(OCC)c2)cc1OC. The minimum absolute atomic E-state index is 0.370. The summed E-state index contributed by atoms with van der Waals surface area (Å²) in [5, 5.41) is 4.10. The van der Waals surface area contributed by atoms with Crippen LogP contribution in [-0.2, 0) is 6.61 Å². The molecule has 0 aliphatic heterocycles. The molecule has 0 unspecified atom stereocenters. The summed E-state index contributed by atoms with van der Waals surface area (Å²) in [7, 11) is 1.54. The monoisotopic (exact) mass is 618 g/mol. The van der Waals surface area contributed by atoms with E-state index in [9.17, 15) is 4.79 Å². The van der Waals surface area contributed by atoms with E-state index in [1.807, 2.05) is 50.2 Å². The number of hydrogen-bond acceptors (Lipinski definition) is 6. The van der Waals surface area contributed by atoms with Crippen molar-refractivity contribution in [1.29, 1.82) is 0 Å². The Morgan fingerprint density at radius 1 is 0.944 bits per heavy atom. The number of hydrazone groups is 1. The Morgan fingerprint density at radius 3 is 2.42 bits per heavy atom. The van der Waals surface area contributed by atoms with E-state index in [4.69, 9.17) is 18.9 Å². The average Bonchev–Trinajstić information content (AvgIpc) is 2.88. The van der Waals surface area contributed by atoms with Gasteiger partial charge in [-0.05, 0) is 82.9 Å². The highest BCUT2D eigenvalue weighted by atomic mass is 79.9. The van der Waals surface area contributed by atoms with Gasteiger partial charge in [0.15, 0.2) is 23.0 Å². The van der Waals surface area contributed by atoms with Crippen LogP contribution in [0.15, 0.2) is 68.6 Å². The number of amides is 1. The van der Waals surface area contributed by atoms with Crippen LogP contribution in [0.1, 0.15) is 41.8 Å². The summed E-state index contributed by atoms with van der Waals surface area (Å²) in [6.45, 7) is 5.35. The molecule has 0 heterocycles. The minimum Gasteiger partial charge on any atom is -0.493 e. The molecular formula is C27H28Br2N2O5. The first kappa shape index (κ1) is 27.5. The van der Waals surface area contributed by atoms with Crippen molar-refractivity contribution in [3.63, 3.8) is 0 Å². The zero-order valence-corrected chi connectivity index (χ0v) is 23.5. The molecule has 3 rings (SSSR count). The van der Waals surface area contributed by atoms with Crippen LogP contribution in [0.25, 0.3) is 0 Å². The molecule has 0 bridgehead atoms. The van der Waals surface area contributed by atoms with E-state index in [1.165, 1.54) is 7.11 Å². The number of carbonyl (C=O) groups is 1. The van der Waals surface area contributed by atoms with Crippen molar-refractivity contribution in [3.05, 3.63) is 80.2 Å². The van der Waals surface area contributed by atoms with Gasteiger partial charge in [-0.15, -0.1) is 0 Å². The highest BCUT2D eigenvalue weighted by Crippen LogP contribution is 2.37. The maximum Gasteiger partial charge on any atom is 0.271 e. The molecule has 0 aliphatic rings. The second-order valence-corrected chi connectivity index (χ2v) is 9.36. The number of nitrogens with zero attached hydrogens (tertiary/aromatic N) is 1. The van der Waals surface area contributed by atoms with Crippen LogP contribution >= 0.6 is 31.9 Å².